The van der Waals surface area contributed by atoms with E-state index in [2.05, 4.69) is 19.2 Å². The van der Waals surface area contributed by atoms with Gasteiger partial charge in [0.1, 0.15) is 0 Å². The van der Waals surface area contributed by atoms with Crippen molar-refractivity contribution in [2.75, 3.05) is 13.2 Å². The summed E-state index contributed by atoms with van der Waals surface area (Å²) in [5.74, 6) is 0.0912. The predicted molar refractivity (Wildman–Crippen MR) is 95.5 cm³/mol. The summed E-state index contributed by atoms with van der Waals surface area (Å²) >= 11 is 0. The second-order valence-corrected chi connectivity index (χ2v) is 6.90. The van der Waals surface area contributed by atoms with Gasteiger partial charge in [-0.15, -0.1) is 0 Å². The number of unbranched alkanes of at least 4 members (excludes halogenated alkanes) is 7. The zero-order chi connectivity index (χ0) is 17.5. The van der Waals surface area contributed by atoms with E-state index in [-0.39, 0.29) is 24.2 Å². The second-order valence-electron chi connectivity index (χ2n) is 6.90. The second kappa shape index (κ2) is 14.7. The molecule has 0 unspecified atom stereocenters. The molecule has 23 heavy (non-hydrogen) atoms. The number of ether oxygens (including phenoxy) is 1. The minimum atomic E-state index is -0.00719. The molecule has 0 aliphatic heterocycles. The molecule has 4 nitrogen and oxygen atoms in total. The highest BCUT2D eigenvalue weighted by molar-refractivity contribution is 5.87. The first-order valence-corrected chi connectivity index (χ1v) is 9.34. The van der Waals surface area contributed by atoms with Crippen molar-refractivity contribution < 1.29 is 14.3 Å². The summed E-state index contributed by atoms with van der Waals surface area (Å²) in [6, 6.07) is 0. The van der Waals surface area contributed by atoms with Gasteiger partial charge < -0.3 is 10.1 Å². The van der Waals surface area contributed by atoms with Crippen LogP contribution < -0.4 is 5.32 Å². The maximum absolute atomic E-state index is 11.6. The lowest BCUT2D eigenvalue weighted by molar-refractivity contribution is -0.126. The van der Waals surface area contributed by atoms with E-state index in [1.165, 1.54) is 32.1 Å². The highest BCUT2D eigenvalue weighted by atomic mass is 16.5. The summed E-state index contributed by atoms with van der Waals surface area (Å²) in [7, 11) is 0. The van der Waals surface area contributed by atoms with Crippen LogP contribution in [0.15, 0.2) is 0 Å². The molecule has 0 saturated heterocycles. The van der Waals surface area contributed by atoms with Crippen molar-refractivity contribution in [3.8, 4) is 0 Å². The minimum Gasteiger partial charge on any atom is -0.379 e. The summed E-state index contributed by atoms with van der Waals surface area (Å²) in [4.78, 5) is 23.0. The van der Waals surface area contributed by atoms with Gasteiger partial charge in [-0.25, -0.2) is 0 Å². The lowest BCUT2D eigenvalue weighted by Gasteiger charge is -2.07. The van der Waals surface area contributed by atoms with Gasteiger partial charge in [0.25, 0.3) is 0 Å². The van der Waals surface area contributed by atoms with Crippen LogP contribution in [0.4, 0.5) is 0 Å². The molecule has 1 amide bonds. The number of nitrogens with one attached hydrogen (secondary N) is 1. The zero-order valence-corrected chi connectivity index (χ0v) is 15.7. The number of ketones is 1. The van der Waals surface area contributed by atoms with Crippen LogP contribution in [-0.4, -0.2) is 30.9 Å². The average molecular weight is 328 g/mol. The Hall–Kier alpha value is -0.900. The van der Waals surface area contributed by atoms with E-state index in [1.807, 2.05) is 13.8 Å². The van der Waals surface area contributed by atoms with E-state index in [0.29, 0.717) is 12.5 Å². The lowest BCUT2D eigenvalue weighted by atomic mass is 10.1. The van der Waals surface area contributed by atoms with E-state index in [1.54, 1.807) is 0 Å². The van der Waals surface area contributed by atoms with Crippen molar-refractivity contribution in [1.29, 1.82) is 0 Å². The Bertz CT molecular complexity index is 314. The van der Waals surface area contributed by atoms with E-state index >= 15 is 0 Å². The zero-order valence-electron chi connectivity index (χ0n) is 15.7. The van der Waals surface area contributed by atoms with Gasteiger partial charge >= 0.3 is 0 Å². The van der Waals surface area contributed by atoms with Crippen molar-refractivity contribution in [3.63, 3.8) is 0 Å². The Balaban J connectivity index is 3.26. The maximum atomic E-state index is 11.6. The minimum absolute atomic E-state index is 0.00384. The van der Waals surface area contributed by atoms with Crippen LogP contribution in [0.5, 0.6) is 0 Å². The summed E-state index contributed by atoms with van der Waals surface area (Å²) in [5.41, 5.74) is 0. The molecule has 0 aliphatic rings. The number of carbonyl (C=O) groups excluding carboxylic acids is 2. The molecule has 0 spiro atoms. The molecule has 0 rings (SSSR count). The molecule has 136 valence electrons. The third-order valence-electron chi connectivity index (χ3n) is 3.85. The Morgan fingerprint density at radius 2 is 1.35 bits per heavy atom. The fourth-order valence-corrected chi connectivity index (χ4v) is 2.25. The third kappa shape index (κ3) is 15.8. The van der Waals surface area contributed by atoms with Gasteiger partial charge in [0.15, 0.2) is 5.78 Å². The first-order valence-electron chi connectivity index (χ1n) is 9.34. The van der Waals surface area contributed by atoms with E-state index < -0.39 is 0 Å². The van der Waals surface area contributed by atoms with Gasteiger partial charge in [-0.1, -0.05) is 52.4 Å². The molecular formula is C19H37NO3. The Morgan fingerprint density at radius 3 is 1.87 bits per heavy atom. The summed E-state index contributed by atoms with van der Waals surface area (Å²) in [6.45, 7) is 8.91. The number of Topliss-reactive ketones (excluding diaryl/α,β-unsaturated/α-hetero) is 1. The van der Waals surface area contributed by atoms with Crippen LogP contribution in [0.3, 0.4) is 0 Å². The quantitative estimate of drug-likeness (QED) is 0.457. The molecule has 0 aromatic carbocycles. The van der Waals surface area contributed by atoms with Crippen molar-refractivity contribution in [2.24, 2.45) is 5.92 Å². The van der Waals surface area contributed by atoms with Crippen LogP contribution in [0.2, 0.25) is 0 Å². The third-order valence-corrected chi connectivity index (χ3v) is 3.85. The number of amides is 1. The molecule has 0 bridgehead atoms. The Labute approximate surface area is 142 Å². The fraction of sp³-hybridized carbons (Fsp3) is 0.895. The van der Waals surface area contributed by atoms with Gasteiger partial charge in [0.05, 0.1) is 12.6 Å². The molecule has 4 heteroatoms. The Morgan fingerprint density at radius 1 is 0.826 bits per heavy atom. The van der Waals surface area contributed by atoms with E-state index in [0.717, 1.165) is 25.9 Å². The summed E-state index contributed by atoms with van der Waals surface area (Å²) in [5, 5.41) is 2.70. The smallest absolute Gasteiger partial charge is 0.220 e. The molecule has 0 heterocycles. The summed E-state index contributed by atoms with van der Waals surface area (Å²) < 4.78 is 5.51. The number of hydrogen-bond acceptors (Lipinski definition) is 3. The molecule has 0 aromatic heterocycles. The van der Waals surface area contributed by atoms with Gasteiger partial charge in [0, 0.05) is 18.9 Å². The van der Waals surface area contributed by atoms with Crippen LogP contribution in [0, 0.1) is 5.92 Å². The largest absolute Gasteiger partial charge is 0.379 e. The van der Waals surface area contributed by atoms with Gasteiger partial charge in [0.2, 0.25) is 5.91 Å². The van der Waals surface area contributed by atoms with E-state index in [4.69, 9.17) is 4.74 Å². The highest BCUT2D eigenvalue weighted by Crippen LogP contribution is 2.10. The first-order chi connectivity index (χ1) is 10.9. The topological polar surface area (TPSA) is 55.4 Å². The molecule has 0 atom stereocenters. The Kier molecular flexibility index (Phi) is 14.1. The number of rotatable bonds is 15. The first kappa shape index (κ1) is 22.1. The molecule has 0 aromatic rings. The van der Waals surface area contributed by atoms with Gasteiger partial charge in [-0.3, -0.25) is 9.59 Å². The van der Waals surface area contributed by atoms with Crippen LogP contribution in [0.1, 0.15) is 85.5 Å². The maximum Gasteiger partial charge on any atom is 0.220 e. The average Bonchev–Trinajstić information content (AvgIpc) is 2.49. The monoisotopic (exact) mass is 327 g/mol. The van der Waals surface area contributed by atoms with Gasteiger partial charge in [-0.2, -0.15) is 0 Å². The van der Waals surface area contributed by atoms with Crippen LogP contribution in [0.25, 0.3) is 0 Å². The van der Waals surface area contributed by atoms with Crippen molar-refractivity contribution >= 4 is 11.7 Å². The fourth-order valence-electron chi connectivity index (χ4n) is 2.25. The highest BCUT2D eigenvalue weighted by Gasteiger charge is 2.08. The lowest BCUT2D eigenvalue weighted by Crippen LogP contribution is -2.31. The SMILES string of the molecule is CC(C)OCCCCCCCCCCC(=O)NCC(=O)C(C)C. The predicted octanol–water partition coefficient (Wildman–Crippen LogP) is 4.26. The van der Waals surface area contributed by atoms with Crippen LogP contribution in [-0.2, 0) is 14.3 Å². The summed E-state index contributed by atoms with van der Waals surface area (Å²) in [6.07, 6.45) is 10.3. The molecule has 0 fully saturated rings. The van der Waals surface area contributed by atoms with Gasteiger partial charge in [-0.05, 0) is 26.7 Å². The molecule has 0 radical (unpaired) electrons. The number of hydrogen-bond donors (Lipinski definition) is 1. The number of carbonyl (C=O) groups is 2. The standard InChI is InChI=1S/C19H37NO3/c1-16(2)18(21)15-20-19(22)13-11-9-7-5-6-8-10-12-14-23-17(3)4/h16-17H,5-15H2,1-4H3,(H,20,22). The molecule has 1 N–H and O–H groups in total. The molecule has 0 aliphatic carbocycles. The van der Waals surface area contributed by atoms with Crippen LogP contribution >= 0.6 is 0 Å². The van der Waals surface area contributed by atoms with Crippen molar-refractivity contribution in [1.82, 2.24) is 5.32 Å². The molecular weight excluding hydrogens is 290 g/mol. The normalized spacial score (nSPS) is 11.2. The van der Waals surface area contributed by atoms with Crippen molar-refractivity contribution in [3.05, 3.63) is 0 Å². The molecule has 0 saturated carbocycles. The van der Waals surface area contributed by atoms with Crippen molar-refractivity contribution in [2.45, 2.75) is 91.6 Å². The van der Waals surface area contributed by atoms with E-state index in [9.17, 15) is 9.59 Å².